The van der Waals surface area contributed by atoms with Crippen molar-refractivity contribution in [2.24, 2.45) is 0 Å². The maximum absolute atomic E-state index is 9.84. The molecule has 4 nitrogen and oxygen atoms in total. The third-order valence-corrected chi connectivity index (χ3v) is 3.35. The summed E-state index contributed by atoms with van der Waals surface area (Å²) in [6, 6.07) is 9.98. The molecule has 0 aromatic heterocycles. The Hall–Kier alpha value is -1.57. The van der Waals surface area contributed by atoms with E-state index in [1.165, 1.54) is 0 Å². The summed E-state index contributed by atoms with van der Waals surface area (Å²) in [4.78, 5) is 4.52. The molecule has 102 valence electrons. The van der Waals surface area contributed by atoms with E-state index in [2.05, 4.69) is 15.9 Å². The fourth-order valence-corrected chi connectivity index (χ4v) is 2.54. The second kappa shape index (κ2) is 5.60. The molecule has 1 aromatic carbocycles. The minimum absolute atomic E-state index is 0.646. The van der Waals surface area contributed by atoms with E-state index in [-0.39, 0.29) is 0 Å². The van der Waals surface area contributed by atoms with Gasteiger partial charge in [-0.15, -0.1) is 0 Å². The number of nitrogens with zero attached hydrogens (tertiary/aromatic N) is 3. The lowest BCUT2D eigenvalue weighted by atomic mass is 10.1. The number of hydrogen-bond donors (Lipinski definition) is 1. The molecule has 0 bridgehead atoms. The first-order valence-electron chi connectivity index (χ1n) is 6.68. The maximum Gasteiger partial charge on any atom is 0.101 e. The number of aliphatic hydroxyl groups is 1. The highest BCUT2D eigenvalue weighted by molar-refractivity contribution is 5.59. The second-order valence-electron chi connectivity index (χ2n) is 5.70. The van der Waals surface area contributed by atoms with Crippen LogP contribution in [-0.2, 0) is 0 Å². The predicted octanol–water partition coefficient (Wildman–Crippen LogP) is 1.45. The van der Waals surface area contributed by atoms with Crippen LogP contribution in [0.2, 0.25) is 0 Å². The van der Waals surface area contributed by atoms with Crippen LogP contribution in [0.4, 0.5) is 5.69 Å². The quantitative estimate of drug-likeness (QED) is 0.892. The molecule has 1 aliphatic heterocycles. The number of para-hydroxylation sites is 1. The largest absolute Gasteiger partial charge is 0.389 e. The van der Waals surface area contributed by atoms with E-state index in [0.717, 1.165) is 37.4 Å². The summed E-state index contributed by atoms with van der Waals surface area (Å²) < 4.78 is 0. The van der Waals surface area contributed by atoms with Crippen LogP contribution in [0.25, 0.3) is 0 Å². The number of β-amino-alcohol motifs (C(OH)–C–C–N with tert-alkyl or cyclic N) is 1. The Morgan fingerprint density at radius 3 is 2.42 bits per heavy atom. The van der Waals surface area contributed by atoms with E-state index >= 15 is 0 Å². The third kappa shape index (κ3) is 3.69. The van der Waals surface area contributed by atoms with E-state index in [9.17, 15) is 5.11 Å². The number of hydrogen-bond acceptors (Lipinski definition) is 4. The molecular weight excluding hydrogens is 238 g/mol. The van der Waals surface area contributed by atoms with Crippen molar-refractivity contribution in [3.05, 3.63) is 29.8 Å². The van der Waals surface area contributed by atoms with Crippen LogP contribution >= 0.6 is 0 Å². The molecule has 1 aromatic rings. The Labute approximate surface area is 114 Å². The first-order valence-corrected chi connectivity index (χ1v) is 6.68. The molecule has 0 amide bonds. The molecule has 4 heteroatoms. The van der Waals surface area contributed by atoms with Crippen LogP contribution in [0.5, 0.6) is 0 Å². The average Bonchev–Trinajstić information content (AvgIpc) is 2.38. The molecule has 0 radical (unpaired) electrons. The zero-order chi connectivity index (χ0) is 13.9. The van der Waals surface area contributed by atoms with E-state index in [0.29, 0.717) is 6.54 Å². The normalized spacial score (nSPS) is 17.3. The second-order valence-corrected chi connectivity index (χ2v) is 5.70. The van der Waals surface area contributed by atoms with Crippen LogP contribution in [0.1, 0.15) is 19.4 Å². The van der Waals surface area contributed by atoms with Crippen LogP contribution in [0.3, 0.4) is 0 Å². The summed E-state index contributed by atoms with van der Waals surface area (Å²) in [7, 11) is 0. The van der Waals surface area contributed by atoms with Gasteiger partial charge in [-0.1, -0.05) is 12.1 Å². The Morgan fingerprint density at radius 1 is 1.21 bits per heavy atom. The number of benzene rings is 1. The molecule has 19 heavy (non-hydrogen) atoms. The number of piperazine rings is 1. The minimum atomic E-state index is -0.646. The van der Waals surface area contributed by atoms with E-state index in [1.54, 1.807) is 0 Å². The van der Waals surface area contributed by atoms with Gasteiger partial charge >= 0.3 is 0 Å². The molecule has 0 atom stereocenters. The minimum Gasteiger partial charge on any atom is -0.389 e. The first kappa shape index (κ1) is 13.9. The molecule has 0 saturated carbocycles. The van der Waals surface area contributed by atoms with Gasteiger partial charge in [0.25, 0.3) is 0 Å². The van der Waals surface area contributed by atoms with Crippen molar-refractivity contribution in [2.45, 2.75) is 19.4 Å². The summed E-state index contributed by atoms with van der Waals surface area (Å²) in [5.74, 6) is 0. The molecule has 1 saturated heterocycles. The van der Waals surface area contributed by atoms with Crippen molar-refractivity contribution >= 4 is 5.69 Å². The van der Waals surface area contributed by atoms with Crippen molar-refractivity contribution in [3.63, 3.8) is 0 Å². The zero-order valence-electron chi connectivity index (χ0n) is 11.6. The van der Waals surface area contributed by atoms with Gasteiger partial charge in [0, 0.05) is 32.7 Å². The van der Waals surface area contributed by atoms with Crippen molar-refractivity contribution in [3.8, 4) is 6.07 Å². The van der Waals surface area contributed by atoms with Gasteiger partial charge in [0.15, 0.2) is 0 Å². The zero-order valence-corrected chi connectivity index (χ0v) is 11.6. The monoisotopic (exact) mass is 259 g/mol. The smallest absolute Gasteiger partial charge is 0.101 e. The molecule has 0 unspecified atom stereocenters. The van der Waals surface area contributed by atoms with E-state index in [1.807, 2.05) is 38.1 Å². The highest BCUT2D eigenvalue weighted by Crippen LogP contribution is 2.21. The Kier molecular flexibility index (Phi) is 4.08. The summed E-state index contributed by atoms with van der Waals surface area (Å²) in [5, 5.41) is 19.0. The van der Waals surface area contributed by atoms with Gasteiger partial charge in [-0.3, -0.25) is 4.90 Å². The SMILES string of the molecule is CC(C)(O)CN1CCN(c2ccccc2C#N)CC1. The average molecular weight is 259 g/mol. The van der Waals surface area contributed by atoms with Crippen LogP contribution in [0.15, 0.2) is 24.3 Å². The number of anilines is 1. The van der Waals surface area contributed by atoms with Crippen molar-refractivity contribution < 1.29 is 5.11 Å². The summed E-state index contributed by atoms with van der Waals surface area (Å²) >= 11 is 0. The van der Waals surface area contributed by atoms with Crippen molar-refractivity contribution in [1.29, 1.82) is 5.26 Å². The van der Waals surface area contributed by atoms with Gasteiger partial charge in [-0.25, -0.2) is 0 Å². The van der Waals surface area contributed by atoms with Gasteiger partial charge < -0.3 is 10.0 Å². The molecule has 1 N–H and O–H groups in total. The van der Waals surface area contributed by atoms with Crippen molar-refractivity contribution in [2.75, 3.05) is 37.6 Å². The van der Waals surface area contributed by atoms with Crippen LogP contribution in [0, 0.1) is 11.3 Å². The number of rotatable bonds is 3. The van der Waals surface area contributed by atoms with Gasteiger partial charge in [0.1, 0.15) is 6.07 Å². The topological polar surface area (TPSA) is 50.5 Å². The third-order valence-electron chi connectivity index (χ3n) is 3.35. The Morgan fingerprint density at radius 2 is 1.84 bits per heavy atom. The lowest BCUT2D eigenvalue weighted by Gasteiger charge is -2.38. The van der Waals surface area contributed by atoms with Crippen molar-refractivity contribution in [1.82, 2.24) is 4.90 Å². The van der Waals surface area contributed by atoms with Gasteiger partial charge in [-0.2, -0.15) is 5.26 Å². The Bertz CT molecular complexity index is 465. The summed E-state index contributed by atoms with van der Waals surface area (Å²) in [5.41, 5.74) is 1.11. The lowest BCUT2D eigenvalue weighted by Crippen LogP contribution is -2.50. The fourth-order valence-electron chi connectivity index (χ4n) is 2.54. The first-order chi connectivity index (χ1) is 8.99. The van der Waals surface area contributed by atoms with Crippen LogP contribution in [-0.4, -0.2) is 48.3 Å². The number of nitriles is 1. The molecular formula is C15H21N3O. The predicted molar refractivity (Wildman–Crippen MR) is 76.1 cm³/mol. The van der Waals surface area contributed by atoms with Gasteiger partial charge in [-0.05, 0) is 26.0 Å². The molecule has 0 aliphatic carbocycles. The highest BCUT2D eigenvalue weighted by atomic mass is 16.3. The standard InChI is InChI=1S/C15H21N3O/c1-15(2,19)12-17-7-9-18(10-8-17)14-6-4-3-5-13(14)11-16/h3-6,19H,7-10,12H2,1-2H3. The molecule has 1 aliphatic rings. The highest BCUT2D eigenvalue weighted by Gasteiger charge is 2.23. The lowest BCUT2D eigenvalue weighted by molar-refractivity contribution is 0.0345. The summed E-state index contributed by atoms with van der Waals surface area (Å²) in [6.45, 7) is 8.01. The maximum atomic E-state index is 9.84. The fraction of sp³-hybridized carbons (Fsp3) is 0.533. The molecule has 1 heterocycles. The van der Waals surface area contributed by atoms with Gasteiger partial charge in [0.05, 0.1) is 16.9 Å². The van der Waals surface area contributed by atoms with Gasteiger partial charge in [0.2, 0.25) is 0 Å². The Balaban J connectivity index is 1.99. The molecule has 0 spiro atoms. The van der Waals surface area contributed by atoms with E-state index in [4.69, 9.17) is 5.26 Å². The summed E-state index contributed by atoms with van der Waals surface area (Å²) in [6.07, 6.45) is 0. The van der Waals surface area contributed by atoms with Crippen LogP contribution < -0.4 is 4.90 Å². The van der Waals surface area contributed by atoms with E-state index < -0.39 is 5.60 Å². The molecule has 1 fully saturated rings. The molecule has 2 rings (SSSR count).